The Balaban J connectivity index is 2.01. The van der Waals surface area contributed by atoms with Gasteiger partial charge in [0, 0.05) is 28.9 Å². The van der Waals surface area contributed by atoms with Crippen molar-refractivity contribution in [3.05, 3.63) is 48.9 Å². The first-order chi connectivity index (χ1) is 9.65. The lowest BCUT2D eigenvalue weighted by Gasteiger charge is -2.06. The normalized spacial score (nSPS) is 12.4. The van der Waals surface area contributed by atoms with E-state index in [2.05, 4.69) is 16.1 Å². The van der Waals surface area contributed by atoms with Crippen LogP contribution in [-0.2, 0) is 4.79 Å². The number of primary amides is 1. The number of para-hydroxylation sites is 1. The van der Waals surface area contributed by atoms with Crippen LogP contribution in [0.3, 0.4) is 0 Å². The van der Waals surface area contributed by atoms with Crippen LogP contribution in [0.1, 0.15) is 13.0 Å². The summed E-state index contributed by atoms with van der Waals surface area (Å²) in [5.74, 6) is -0.406. The topological polar surface area (TPSA) is 73.8 Å². The lowest BCUT2D eigenvalue weighted by molar-refractivity contribution is -0.120. The maximum absolute atomic E-state index is 11.2. The molecule has 5 heteroatoms. The zero-order chi connectivity index (χ0) is 14.1. The Morgan fingerprint density at radius 3 is 2.85 bits per heavy atom. The van der Waals surface area contributed by atoms with Gasteiger partial charge in [-0.3, -0.25) is 14.5 Å². The van der Waals surface area contributed by atoms with Crippen molar-refractivity contribution in [1.29, 1.82) is 0 Å². The van der Waals surface area contributed by atoms with Crippen molar-refractivity contribution in [3.63, 3.8) is 0 Å². The molecule has 2 heterocycles. The van der Waals surface area contributed by atoms with E-state index < -0.39 is 11.9 Å². The van der Waals surface area contributed by atoms with E-state index in [1.165, 1.54) is 0 Å². The van der Waals surface area contributed by atoms with Gasteiger partial charge in [-0.05, 0) is 19.1 Å². The van der Waals surface area contributed by atoms with E-state index in [9.17, 15) is 4.79 Å². The first-order valence-corrected chi connectivity index (χ1v) is 6.34. The quantitative estimate of drug-likeness (QED) is 0.789. The minimum atomic E-state index is -0.461. The van der Waals surface area contributed by atoms with Gasteiger partial charge in [0.15, 0.2) is 0 Å². The van der Waals surface area contributed by atoms with Crippen molar-refractivity contribution in [2.45, 2.75) is 13.0 Å². The van der Waals surface area contributed by atoms with Gasteiger partial charge in [0.05, 0.1) is 11.7 Å². The van der Waals surface area contributed by atoms with E-state index in [-0.39, 0.29) is 0 Å². The fourth-order valence-electron chi connectivity index (χ4n) is 2.06. The molecule has 3 rings (SSSR count). The van der Waals surface area contributed by atoms with Crippen LogP contribution >= 0.6 is 0 Å². The summed E-state index contributed by atoms with van der Waals surface area (Å²) in [6.45, 7) is 1.72. The second kappa shape index (κ2) is 4.77. The number of fused-ring (bicyclic) bond motifs is 1. The minimum absolute atomic E-state index is 0.406. The smallest absolute Gasteiger partial charge is 0.241 e. The molecule has 3 aromatic rings. The number of amides is 1. The molecule has 0 bridgehead atoms. The van der Waals surface area contributed by atoms with Gasteiger partial charge in [0.25, 0.3) is 0 Å². The fraction of sp³-hybridized carbons (Fsp3) is 0.133. The van der Waals surface area contributed by atoms with E-state index in [0.717, 1.165) is 22.0 Å². The monoisotopic (exact) mass is 266 g/mol. The number of carbonyl (C=O) groups is 1. The number of pyridine rings is 1. The number of aromatic nitrogens is 3. The highest BCUT2D eigenvalue weighted by atomic mass is 16.1. The number of hydrogen-bond acceptors (Lipinski definition) is 3. The predicted molar refractivity (Wildman–Crippen MR) is 76.9 cm³/mol. The first kappa shape index (κ1) is 12.3. The SMILES string of the molecule is CC(C(N)=O)n1cc(-c2cnc3ccccc3c2)cn1. The number of carbonyl (C=O) groups excluding carboxylic acids is 1. The van der Waals surface area contributed by atoms with Crippen LogP contribution < -0.4 is 5.73 Å². The number of nitrogens with two attached hydrogens (primary N) is 1. The molecule has 1 aromatic carbocycles. The zero-order valence-electron chi connectivity index (χ0n) is 11.0. The van der Waals surface area contributed by atoms with E-state index in [0.29, 0.717) is 0 Å². The molecular formula is C15H14N4O. The molecule has 0 aliphatic rings. The van der Waals surface area contributed by atoms with E-state index in [1.54, 1.807) is 30.2 Å². The van der Waals surface area contributed by atoms with Crippen LogP contribution in [0, 0.1) is 0 Å². The molecule has 100 valence electrons. The Kier molecular flexibility index (Phi) is 2.95. The molecule has 1 atom stereocenters. The number of rotatable bonds is 3. The Labute approximate surface area is 116 Å². The van der Waals surface area contributed by atoms with Crippen molar-refractivity contribution in [1.82, 2.24) is 14.8 Å². The molecule has 0 spiro atoms. The molecule has 0 radical (unpaired) electrons. The van der Waals surface area contributed by atoms with E-state index in [1.807, 2.05) is 24.3 Å². The third kappa shape index (κ3) is 2.14. The summed E-state index contributed by atoms with van der Waals surface area (Å²) in [5, 5.41) is 5.25. The molecule has 0 aliphatic carbocycles. The number of benzene rings is 1. The summed E-state index contributed by atoms with van der Waals surface area (Å²) in [7, 11) is 0. The summed E-state index contributed by atoms with van der Waals surface area (Å²) in [5.41, 5.74) is 8.11. The van der Waals surface area contributed by atoms with Crippen LogP contribution in [-0.4, -0.2) is 20.7 Å². The van der Waals surface area contributed by atoms with Crippen LogP contribution in [0.4, 0.5) is 0 Å². The summed E-state index contributed by atoms with van der Waals surface area (Å²) >= 11 is 0. The van der Waals surface area contributed by atoms with E-state index >= 15 is 0 Å². The molecule has 1 amide bonds. The fourth-order valence-corrected chi connectivity index (χ4v) is 2.06. The van der Waals surface area contributed by atoms with Gasteiger partial charge in [0.2, 0.25) is 5.91 Å². The average molecular weight is 266 g/mol. The van der Waals surface area contributed by atoms with Gasteiger partial charge in [-0.2, -0.15) is 5.10 Å². The Bertz CT molecular complexity index is 778. The predicted octanol–water partition coefficient (Wildman–Crippen LogP) is 2.14. The Morgan fingerprint density at radius 2 is 2.05 bits per heavy atom. The molecule has 20 heavy (non-hydrogen) atoms. The molecular weight excluding hydrogens is 252 g/mol. The van der Waals surface area contributed by atoms with Gasteiger partial charge in [-0.25, -0.2) is 0 Å². The van der Waals surface area contributed by atoms with Crippen molar-refractivity contribution in [2.24, 2.45) is 5.73 Å². The second-order valence-corrected chi connectivity index (χ2v) is 4.70. The molecule has 0 aliphatic heterocycles. The van der Waals surface area contributed by atoms with Crippen molar-refractivity contribution in [3.8, 4) is 11.1 Å². The average Bonchev–Trinajstić information content (AvgIpc) is 2.95. The lowest BCUT2D eigenvalue weighted by atomic mass is 10.1. The number of hydrogen-bond donors (Lipinski definition) is 1. The molecule has 5 nitrogen and oxygen atoms in total. The van der Waals surface area contributed by atoms with Crippen LogP contribution in [0.15, 0.2) is 48.9 Å². The van der Waals surface area contributed by atoms with Crippen molar-refractivity contribution < 1.29 is 4.79 Å². The highest BCUT2D eigenvalue weighted by Crippen LogP contribution is 2.23. The van der Waals surface area contributed by atoms with E-state index in [4.69, 9.17) is 5.73 Å². The van der Waals surface area contributed by atoms with Crippen molar-refractivity contribution >= 4 is 16.8 Å². The largest absolute Gasteiger partial charge is 0.368 e. The maximum atomic E-state index is 11.2. The third-order valence-corrected chi connectivity index (χ3v) is 3.33. The van der Waals surface area contributed by atoms with Gasteiger partial charge in [0.1, 0.15) is 6.04 Å². The molecule has 0 saturated heterocycles. The first-order valence-electron chi connectivity index (χ1n) is 6.34. The van der Waals surface area contributed by atoms with Gasteiger partial charge in [-0.1, -0.05) is 18.2 Å². The third-order valence-electron chi connectivity index (χ3n) is 3.33. The summed E-state index contributed by atoms with van der Waals surface area (Å²) in [6.07, 6.45) is 5.32. The highest BCUT2D eigenvalue weighted by Gasteiger charge is 2.13. The van der Waals surface area contributed by atoms with Gasteiger partial charge in [-0.15, -0.1) is 0 Å². The Hall–Kier alpha value is -2.69. The summed E-state index contributed by atoms with van der Waals surface area (Å²) in [6, 6.07) is 9.52. The van der Waals surface area contributed by atoms with Crippen LogP contribution in [0.2, 0.25) is 0 Å². The zero-order valence-corrected chi connectivity index (χ0v) is 11.0. The minimum Gasteiger partial charge on any atom is -0.368 e. The lowest BCUT2D eigenvalue weighted by Crippen LogP contribution is -2.24. The molecule has 1 unspecified atom stereocenters. The number of nitrogens with zero attached hydrogens (tertiary/aromatic N) is 3. The summed E-state index contributed by atoms with van der Waals surface area (Å²) in [4.78, 5) is 15.6. The summed E-state index contributed by atoms with van der Waals surface area (Å²) < 4.78 is 1.56. The second-order valence-electron chi connectivity index (χ2n) is 4.70. The standard InChI is InChI=1S/C15H14N4O/c1-10(15(16)20)19-9-13(8-18-19)12-6-11-4-2-3-5-14(11)17-7-12/h2-10H,1H3,(H2,16,20). The van der Waals surface area contributed by atoms with Crippen molar-refractivity contribution in [2.75, 3.05) is 0 Å². The van der Waals surface area contributed by atoms with Gasteiger partial charge < -0.3 is 5.73 Å². The maximum Gasteiger partial charge on any atom is 0.241 e. The van der Waals surface area contributed by atoms with Gasteiger partial charge >= 0.3 is 0 Å². The molecule has 2 aromatic heterocycles. The van der Waals surface area contributed by atoms with Crippen LogP contribution in [0.25, 0.3) is 22.0 Å². The molecule has 2 N–H and O–H groups in total. The molecule has 0 saturated carbocycles. The highest BCUT2D eigenvalue weighted by molar-refractivity contribution is 5.83. The van der Waals surface area contributed by atoms with Crippen LogP contribution in [0.5, 0.6) is 0 Å². The Morgan fingerprint density at radius 1 is 1.25 bits per heavy atom. The molecule has 0 fully saturated rings.